The fraction of sp³-hybridized carbons (Fsp3) is 0.0667. The molecule has 1 atom stereocenters. The molecule has 0 spiro atoms. The zero-order valence-corrected chi connectivity index (χ0v) is 18.0. The van der Waals surface area contributed by atoms with Crippen LogP contribution in [-0.4, -0.2) is 0 Å². The van der Waals surface area contributed by atoms with E-state index in [0.717, 1.165) is 0 Å². The van der Waals surface area contributed by atoms with E-state index >= 15 is 0 Å². The third-order valence-electron chi connectivity index (χ3n) is 3.04. The molecule has 2 aromatic rings. The summed E-state index contributed by atoms with van der Waals surface area (Å²) in [7, 11) is 0. The van der Waals surface area contributed by atoms with Crippen molar-refractivity contribution < 1.29 is 92.4 Å². The van der Waals surface area contributed by atoms with Crippen molar-refractivity contribution in [2.75, 3.05) is 0 Å². The molecule has 1 aliphatic rings. The second-order valence-corrected chi connectivity index (χ2v) is 4.93. The molecule has 1 unspecified atom stereocenters. The summed E-state index contributed by atoms with van der Waals surface area (Å²) in [6.07, 6.45) is 2.31. The minimum absolute atomic E-state index is 0. The molecule has 2 aromatic carbocycles. The summed E-state index contributed by atoms with van der Waals surface area (Å²) in [5.41, 5.74) is 5.59. The summed E-state index contributed by atoms with van der Waals surface area (Å²) in [5.74, 6) is 0. The van der Waals surface area contributed by atoms with Gasteiger partial charge in [0.1, 0.15) is 0 Å². The Morgan fingerprint density at radius 1 is 0.737 bits per heavy atom. The Kier molecular flexibility index (Phi) is 9.70. The summed E-state index contributed by atoms with van der Waals surface area (Å²) >= 11 is 2.28. The van der Waals surface area contributed by atoms with Crippen LogP contribution in [0.25, 0.3) is 11.6 Å². The summed E-state index contributed by atoms with van der Waals surface area (Å²) in [6.45, 7) is 0. The van der Waals surface area contributed by atoms with Crippen LogP contribution in [0.4, 0.5) is 0 Å². The Morgan fingerprint density at radius 3 is 1.95 bits per heavy atom. The number of benzene rings is 2. The van der Waals surface area contributed by atoms with Crippen LogP contribution in [0.15, 0.2) is 54.6 Å². The van der Waals surface area contributed by atoms with Gasteiger partial charge in [0.15, 0.2) is 0 Å². The van der Waals surface area contributed by atoms with Crippen molar-refractivity contribution >= 4 is 11.6 Å². The van der Waals surface area contributed by atoms with Crippen molar-refractivity contribution in [1.29, 1.82) is 0 Å². The van der Waals surface area contributed by atoms with E-state index in [1.807, 2.05) is 0 Å². The molecule has 0 fully saturated rings. The maximum atomic E-state index is 2.31. The van der Waals surface area contributed by atoms with Crippen LogP contribution in [0.3, 0.4) is 0 Å². The van der Waals surface area contributed by atoms with Gasteiger partial charge < -0.3 is 71.9 Å². The predicted molar refractivity (Wildman–Crippen MR) is 63.5 cm³/mol. The van der Waals surface area contributed by atoms with Crippen LogP contribution in [0.1, 0.15) is 20.9 Å². The van der Waals surface area contributed by atoms with E-state index in [0.29, 0.717) is 4.22 Å². The van der Waals surface area contributed by atoms with Crippen LogP contribution < -0.4 is 71.9 Å². The quantitative estimate of drug-likeness (QED) is 0.222. The summed E-state index contributed by atoms with van der Waals surface area (Å²) < 4.78 is 0.513. The molecule has 0 N–H and O–H groups in total. The second-order valence-electron chi connectivity index (χ2n) is 4.03. The molecule has 0 saturated heterocycles. The van der Waals surface area contributed by atoms with Gasteiger partial charge in [-0.15, -0.1) is 0 Å². The average Bonchev–Trinajstić information content (AvgIpc) is 2.69. The number of allylic oxidation sites excluding steroid dienone is 1. The van der Waals surface area contributed by atoms with Gasteiger partial charge in [0.2, 0.25) is 0 Å². The van der Waals surface area contributed by atoms with Crippen molar-refractivity contribution in [1.82, 2.24) is 0 Å². The Morgan fingerprint density at radius 2 is 1.32 bits per heavy atom. The second kappa shape index (κ2) is 9.17. The number of halogens is 3. The first-order valence-corrected chi connectivity index (χ1v) is 6.33. The predicted octanol–water partition coefficient (Wildman–Crippen LogP) is -5.16. The third-order valence-corrected chi connectivity index (χ3v) is 4.01. The zero-order valence-electron chi connectivity index (χ0n) is 9.98. The molecular weight excluding hydrogens is 609 g/mol. The number of hydrogen-bond donors (Lipinski definition) is 0. The van der Waals surface area contributed by atoms with E-state index in [1.54, 1.807) is 0 Å². The van der Waals surface area contributed by atoms with E-state index in [4.69, 9.17) is 0 Å². The molecule has 96 valence electrons. The van der Waals surface area contributed by atoms with E-state index in [-0.39, 0.29) is 71.9 Å². The molecule has 0 nitrogen and oxygen atoms in total. The van der Waals surface area contributed by atoms with Gasteiger partial charge in [-0.25, -0.2) is 0 Å². The minimum atomic E-state index is 0. The molecule has 0 radical (unpaired) electrons. The van der Waals surface area contributed by atoms with Crippen molar-refractivity contribution in [3.05, 3.63) is 71.3 Å². The first-order chi connectivity index (χ1) is 7.86. The van der Waals surface area contributed by atoms with Crippen molar-refractivity contribution in [2.45, 2.75) is 4.22 Å². The average molecular weight is 620 g/mol. The van der Waals surface area contributed by atoms with Crippen molar-refractivity contribution in [3.63, 3.8) is 0 Å². The third kappa shape index (κ3) is 4.28. The molecule has 0 aliphatic heterocycles. The molecule has 0 heterocycles. The first kappa shape index (κ1) is 20.1. The molecule has 4 heteroatoms. The van der Waals surface area contributed by atoms with Gasteiger partial charge in [-0.3, -0.25) is 0 Å². The number of hydrogen-bond acceptors (Lipinski definition) is 0. The molecule has 3 rings (SSSR count). The molecule has 1 aliphatic carbocycles. The normalized spacial score (nSPS) is 15.3. The van der Waals surface area contributed by atoms with Gasteiger partial charge in [0.25, 0.3) is 0 Å². The van der Waals surface area contributed by atoms with Crippen LogP contribution in [0.5, 0.6) is 0 Å². The Balaban J connectivity index is 0.00000108. The standard InChI is InChI=1S/C15H11.3HI.Ti/c1-2-6-12(7-3-1)15-10-13-8-4-5-9-14(13)11-15;;;;/h1-11H;3*1H;/q;;;;+3/p-3. The molecule has 0 saturated carbocycles. The summed E-state index contributed by atoms with van der Waals surface area (Å²) in [6, 6.07) is 19.3. The number of rotatable bonds is 1. The van der Waals surface area contributed by atoms with Gasteiger partial charge >= 0.3 is 108 Å². The Hall–Kier alpha value is 1.08. The zero-order chi connectivity index (χ0) is 11.0. The fourth-order valence-electron chi connectivity index (χ4n) is 2.20. The fourth-order valence-corrected chi connectivity index (χ4v) is 3.01. The molecule has 0 bridgehead atoms. The van der Waals surface area contributed by atoms with E-state index in [1.165, 1.54) is 22.3 Å². The molecule has 19 heavy (non-hydrogen) atoms. The van der Waals surface area contributed by atoms with Gasteiger partial charge in [-0.05, 0) is 0 Å². The van der Waals surface area contributed by atoms with E-state index in [2.05, 4.69) is 81.1 Å². The van der Waals surface area contributed by atoms with Gasteiger partial charge in [0, 0.05) is 0 Å². The summed E-state index contributed by atoms with van der Waals surface area (Å²) in [5, 5.41) is 0. The molecule has 0 amide bonds. The van der Waals surface area contributed by atoms with E-state index in [9.17, 15) is 0 Å². The van der Waals surface area contributed by atoms with Gasteiger partial charge in [-0.1, -0.05) is 0 Å². The molecular formula is C15H11I3Ti. The first-order valence-electron chi connectivity index (χ1n) is 5.43. The van der Waals surface area contributed by atoms with E-state index < -0.39 is 0 Å². The Bertz CT molecular complexity index is 552. The van der Waals surface area contributed by atoms with Crippen LogP contribution >= 0.6 is 0 Å². The van der Waals surface area contributed by atoms with Crippen LogP contribution in [-0.2, 0) is 20.4 Å². The molecule has 0 aromatic heterocycles. The monoisotopic (exact) mass is 620 g/mol. The maximum absolute atomic E-state index is 2.31. The Labute approximate surface area is 177 Å². The topological polar surface area (TPSA) is 0 Å². The van der Waals surface area contributed by atoms with Crippen LogP contribution in [0, 0.1) is 0 Å². The SMILES string of the molecule is [I-].[I-].[I-].[Ti+3][CH]1C(c2ccccc2)=Cc2ccccc21. The van der Waals surface area contributed by atoms with Crippen molar-refractivity contribution in [2.24, 2.45) is 0 Å². The number of fused-ring (bicyclic) bond motifs is 1. The van der Waals surface area contributed by atoms with Crippen molar-refractivity contribution in [3.8, 4) is 0 Å². The summed E-state index contributed by atoms with van der Waals surface area (Å²) in [4.78, 5) is 0. The van der Waals surface area contributed by atoms with Gasteiger partial charge in [0.05, 0.1) is 0 Å². The van der Waals surface area contributed by atoms with Crippen LogP contribution in [0.2, 0.25) is 0 Å². The van der Waals surface area contributed by atoms with Gasteiger partial charge in [-0.2, -0.15) is 0 Å².